The molecule has 0 unspecified atom stereocenters. The molecule has 2 aromatic rings. The Morgan fingerprint density at radius 2 is 1.00 bits per heavy atom. The van der Waals surface area contributed by atoms with Gasteiger partial charge in [-0.2, -0.15) is 0 Å². The molecule has 2 aromatic carbocycles. The Morgan fingerprint density at radius 3 is 1.38 bits per heavy atom. The SMILES string of the molecule is O=C1C=CC(=C(c2ccc(O)cc2)c2ccc(O)cc2)C=C1.[Na].[Na]. The Morgan fingerprint density at radius 1 is 0.625 bits per heavy atom. The molecular weight excluding hydrogens is 322 g/mol. The van der Waals surface area contributed by atoms with Gasteiger partial charge in [-0.25, -0.2) is 0 Å². The van der Waals surface area contributed by atoms with Crippen molar-refractivity contribution in [2.45, 2.75) is 0 Å². The van der Waals surface area contributed by atoms with E-state index < -0.39 is 0 Å². The van der Waals surface area contributed by atoms with Gasteiger partial charge in [0.2, 0.25) is 0 Å². The largest absolute Gasteiger partial charge is 0.508 e. The molecule has 2 N–H and O–H groups in total. The van der Waals surface area contributed by atoms with Gasteiger partial charge >= 0.3 is 0 Å². The van der Waals surface area contributed by atoms with Crippen molar-refractivity contribution in [3.8, 4) is 11.5 Å². The topological polar surface area (TPSA) is 57.5 Å². The number of rotatable bonds is 2. The molecule has 3 rings (SSSR count). The Bertz CT molecular complexity index is 736. The Labute approximate surface area is 185 Å². The van der Waals surface area contributed by atoms with Crippen molar-refractivity contribution in [3.05, 3.63) is 89.5 Å². The van der Waals surface area contributed by atoms with Gasteiger partial charge in [0.05, 0.1) is 0 Å². The number of phenols is 2. The predicted octanol–water partition coefficient (Wildman–Crippen LogP) is 2.83. The first-order valence-corrected chi connectivity index (χ1v) is 6.87. The van der Waals surface area contributed by atoms with E-state index in [0.29, 0.717) is 0 Å². The summed E-state index contributed by atoms with van der Waals surface area (Å²) in [6.45, 7) is 0. The fourth-order valence-corrected chi connectivity index (χ4v) is 2.38. The van der Waals surface area contributed by atoms with E-state index in [0.717, 1.165) is 22.3 Å². The van der Waals surface area contributed by atoms with Crippen molar-refractivity contribution < 1.29 is 15.0 Å². The van der Waals surface area contributed by atoms with E-state index in [1.807, 2.05) is 24.3 Å². The maximum absolute atomic E-state index is 11.3. The second kappa shape index (κ2) is 9.42. The molecule has 0 saturated heterocycles. The van der Waals surface area contributed by atoms with E-state index in [-0.39, 0.29) is 76.4 Å². The van der Waals surface area contributed by atoms with Gasteiger partial charge in [-0.3, -0.25) is 4.79 Å². The smallest absolute Gasteiger partial charge is 0.178 e. The number of ketones is 1. The molecule has 3 nitrogen and oxygen atoms in total. The molecule has 0 atom stereocenters. The van der Waals surface area contributed by atoms with E-state index in [1.54, 1.807) is 36.4 Å². The van der Waals surface area contributed by atoms with Crippen molar-refractivity contribution in [2.75, 3.05) is 0 Å². The zero-order chi connectivity index (χ0) is 15.5. The molecular formula is C19H14Na2O3. The minimum atomic E-state index is -0.0421. The summed E-state index contributed by atoms with van der Waals surface area (Å²) in [7, 11) is 0. The van der Waals surface area contributed by atoms with E-state index in [1.165, 1.54) is 12.2 Å². The maximum Gasteiger partial charge on any atom is 0.178 e. The van der Waals surface area contributed by atoms with Crippen LogP contribution in [0.1, 0.15) is 11.1 Å². The van der Waals surface area contributed by atoms with Crippen LogP contribution in [0.15, 0.2) is 78.4 Å². The molecule has 0 fully saturated rings. The van der Waals surface area contributed by atoms with Crippen LogP contribution in [0.2, 0.25) is 0 Å². The normalized spacial score (nSPS) is 12.3. The fraction of sp³-hybridized carbons (Fsp3) is 0. The van der Waals surface area contributed by atoms with Gasteiger partial charge in [-0.05, 0) is 58.7 Å². The molecule has 110 valence electrons. The molecule has 1 aliphatic rings. The van der Waals surface area contributed by atoms with Crippen molar-refractivity contribution in [3.63, 3.8) is 0 Å². The van der Waals surface area contributed by atoms with Gasteiger partial charge in [-0.15, -0.1) is 0 Å². The predicted molar refractivity (Wildman–Crippen MR) is 97.0 cm³/mol. The van der Waals surface area contributed by atoms with Crippen LogP contribution in [0.5, 0.6) is 11.5 Å². The van der Waals surface area contributed by atoms with Crippen molar-refractivity contribution >= 4 is 70.5 Å². The average molecular weight is 336 g/mol. The molecule has 0 aromatic heterocycles. The standard InChI is InChI=1S/C19H14O3.2Na/c20-16-7-1-13(2-8-16)19(14-3-9-17(21)10-4-14)15-5-11-18(22)12-6-15;;/h1-12,20-21H;;. The molecule has 5 heteroatoms. The number of hydrogen-bond donors (Lipinski definition) is 2. The summed E-state index contributed by atoms with van der Waals surface area (Å²) in [6.07, 6.45) is 6.60. The summed E-state index contributed by atoms with van der Waals surface area (Å²) in [5, 5.41) is 18.9. The number of benzene rings is 2. The summed E-state index contributed by atoms with van der Waals surface area (Å²) in [5.74, 6) is 0.354. The summed E-state index contributed by atoms with van der Waals surface area (Å²) in [5.41, 5.74) is 3.67. The van der Waals surface area contributed by atoms with Gasteiger partial charge in [0.15, 0.2) is 5.78 Å². The third kappa shape index (κ3) is 4.96. The first-order valence-electron chi connectivity index (χ1n) is 6.87. The Kier molecular flexibility index (Phi) is 8.23. The van der Waals surface area contributed by atoms with Gasteiger partial charge in [-0.1, -0.05) is 36.4 Å². The quantitative estimate of drug-likeness (QED) is 0.829. The zero-order valence-corrected chi connectivity index (χ0v) is 17.7. The minimum absolute atomic E-state index is 0. The first kappa shape index (κ1) is 21.0. The minimum Gasteiger partial charge on any atom is -0.508 e. The van der Waals surface area contributed by atoms with E-state index in [9.17, 15) is 15.0 Å². The zero-order valence-electron chi connectivity index (χ0n) is 13.7. The maximum atomic E-state index is 11.3. The summed E-state index contributed by atoms with van der Waals surface area (Å²) >= 11 is 0. The molecule has 0 aliphatic heterocycles. The van der Waals surface area contributed by atoms with Gasteiger partial charge in [0.25, 0.3) is 0 Å². The number of carbonyl (C=O) groups is 1. The summed E-state index contributed by atoms with van der Waals surface area (Å²) < 4.78 is 0. The van der Waals surface area contributed by atoms with Gasteiger partial charge < -0.3 is 10.2 Å². The van der Waals surface area contributed by atoms with Crippen LogP contribution < -0.4 is 0 Å². The Hall–Kier alpha value is -1.07. The van der Waals surface area contributed by atoms with Crippen LogP contribution in [-0.2, 0) is 4.79 Å². The van der Waals surface area contributed by atoms with Crippen LogP contribution in [-0.4, -0.2) is 75.1 Å². The van der Waals surface area contributed by atoms with Crippen molar-refractivity contribution in [1.29, 1.82) is 0 Å². The molecule has 1 aliphatic carbocycles. The summed E-state index contributed by atoms with van der Waals surface area (Å²) in [4.78, 5) is 11.3. The molecule has 0 amide bonds. The third-order valence-corrected chi connectivity index (χ3v) is 3.45. The number of hydrogen-bond acceptors (Lipinski definition) is 3. The van der Waals surface area contributed by atoms with Crippen molar-refractivity contribution in [2.24, 2.45) is 0 Å². The number of carbonyl (C=O) groups excluding carboxylic acids is 1. The average Bonchev–Trinajstić information content (AvgIpc) is 2.53. The number of aromatic hydroxyl groups is 2. The first-order chi connectivity index (χ1) is 10.6. The molecule has 0 bridgehead atoms. The molecule has 0 spiro atoms. The number of allylic oxidation sites excluding steroid dienone is 5. The van der Waals surface area contributed by atoms with Crippen LogP contribution in [0.3, 0.4) is 0 Å². The fourth-order valence-electron chi connectivity index (χ4n) is 2.38. The van der Waals surface area contributed by atoms with Crippen LogP contribution in [0.4, 0.5) is 0 Å². The van der Waals surface area contributed by atoms with Gasteiger partial charge in [0, 0.05) is 59.1 Å². The Balaban J connectivity index is 0.00000144. The molecule has 0 saturated carbocycles. The van der Waals surface area contributed by atoms with E-state index in [4.69, 9.17) is 0 Å². The van der Waals surface area contributed by atoms with Crippen LogP contribution in [0.25, 0.3) is 5.57 Å². The summed E-state index contributed by atoms with van der Waals surface area (Å²) in [6, 6.07) is 13.8. The molecule has 24 heavy (non-hydrogen) atoms. The monoisotopic (exact) mass is 336 g/mol. The van der Waals surface area contributed by atoms with Gasteiger partial charge in [0.1, 0.15) is 11.5 Å². The van der Waals surface area contributed by atoms with Crippen LogP contribution in [0, 0.1) is 0 Å². The van der Waals surface area contributed by atoms with Crippen molar-refractivity contribution in [1.82, 2.24) is 0 Å². The second-order valence-corrected chi connectivity index (χ2v) is 4.99. The molecule has 0 heterocycles. The third-order valence-electron chi connectivity index (χ3n) is 3.45. The van der Waals surface area contributed by atoms with E-state index >= 15 is 0 Å². The number of phenolic OH excluding ortho intramolecular Hbond substituents is 2. The molecule has 2 radical (unpaired) electrons. The van der Waals surface area contributed by atoms with E-state index in [2.05, 4.69) is 0 Å². The second-order valence-electron chi connectivity index (χ2n) is 4.99. The van der Waals surface area contributed by atoms with Crippen LogP contribution >= 0.6 is 0 Å².